The number of nitrogens with zero attached hydrogens (tertiary/aromatic N) is 2. The molecule has 0 aromatic rings. The minimum Gasteiger partial charge on any atom is -0.341 e. The van der Waals surface area contributed by atoms with Crippen LogP contribution < -0.4 is 0 Å². The number of likely N-dealkylation sites (N-methyl/N-ethyl adjacent to an activating group) is 1. The third kappa shape index (κ3) is 2.85. The van der Waals surface area contributed by atoms with Crippen molar-refractivity contribution in [1.82, 2.24) is 9.80 Å². The molecule has 1 amide bonds. The molecular formula is C9H17ClN2O. The van der Waals surface area contributed by atoms with E-state index in [1.165, 1.54) is 0 Å². The van der Waals surface area contributed by atoms with Crippen LogP contribution in [0.5, 0.6) is 0 Å². The Morgan fingerprint density at radius 1 is 1.62 bits per heavy atom. The van der Waals surface area contributed by atoms with E-state index in [4.69, 9.17) is 11.6 Å². The number of amides is 1. The number of hydrogen-bond acceptors (Lipinski definition) is 2. The molecule has 0 radical (unpaired) electrons. The van der Waals surface area contributed by atoms with Crippen LogP contribution in [0.3, 0.4) is 0 Å². The highest BCUT2D eigenvalue weighted by Crippen LogP contribution is 2.14. The molecule has 4 heteroatoms. The number of alkyl halides is 1. The molecule has 1 atom stereocenters. The van der Waals surface area contributed by atoms with E-state index in [1.54, 1.807) is 0 Å². The quantitative estimate of drug-likeness (QED) is 0.635. The van der Waals surface area contributed by atoms with Gasteiger partial charge >= 0.3 is 0 Å². The van der Waals surface area contributed by atoms with Crippen LogP contribution in [0.1, 0.15) is 12.8 Å². The predicted molar refractivity (Wildman–Crippen MR) is 54.0 cm³/mol. The summed E-state index contributed by atoms with van der Waals surface area (Å²) in [4.78, 5) is 15.5. The lowest BCUT2D eigenvalue weighted by molar-refractivity contribution is -0.129. The Labute approximate surface area is 84.6 Å². The van der Waals surface area contributed by atoms with Crippen molar-refractivity contribution in [2.45, 2.75) is 18.9 Å². The molecule has 1 fully saturated rings. The topological polar surface area (TPSA) is 23.6 Å². The molecule has 0 bridgehead atoms. The summed E-state index contributed by atoms with van der Waals surface area (Å²) < 4.78 is 0. The fraction of sp³-hybridized carbons (Fsp3) is 0.889. The highest BCUT2D eigenvalue weighted by Gasteiger charge is 2.26. The fourth-order valence-electron chi connectivity index (χ4n) is 1.63. The van der Waals surface area contributed by atoms with Gasteiger partial charge in [-0.3, -0.25) is 4.79 Å². The molecule has 1 aliphatic heterocycles. The predicted octanol–water partition coefficient (Wildman–Crippen LogP) is 0.778. The van der Waals surface area contributed by atoms with Gasteiger partial charge in [0.2, 0.25) is 5.91 Å². The molecule has 1 aliphatic rings. The molecule has 0 aromatic carbocycles. The Balaban J connectivity index is 2.36. The van der Waals surface area contributed by atoms with Gasteiger partial charge in [-0.2, -0.15) is 0 Å². The lowest BCUT2D eigenvalue weighted by Gasteiger charge is -2.20. The van der Waals surface area contributed by atoms with E-state index in [1.807, 2.05) is 4.90 Å². The molecule has 3 nitrogen and oxygen atoms in total. The smallest absolute Gasteiger partial charge is 0.223 e. The summed E-state index contributed by atoms with van der Waals surface area (Å²) in [6.07, 6.45) is 1.56. The first-order valence-electron chi connectivity index (χ1n) is 4.65. The average molecular weight is 205 g/mol. The van der Waals surface area contributed by atoms with Gasteiger partial charge in [-0.05, 0) is 20.5 Å². The maximum absolute atomic E-state index is 11.4. The molecule has 0 saturated carbocycles. The van der Waals surface area contributed by atoms with Crippen LogP contribution in [0.4, 0.5) is 0 Å². The monoisotopic (exact) mass is 204 g/mol. The zero-order valence-corrected chi connectivity index (χ0v) is 9.05. The van der Waals surface area contributed by atoms with Crippen molar-refractivity contribution in [3.63, 3.8) is 0 Å². The second kappa shape index (κ2) is 4.82. The van der Waals surface area contributed by atoms with Gasteiger partial charge in [-0.1, -0.05) is 0 Å². The minimum absolute atomic E-state index is 0.194. The van der Waals surface area contributed by atoms with Crippen molar-refractivity contribution in [2.24, 2.45) is 0 Å². The second-order valence-electron chi connectivity index (χ2n) is 3.68. The molecular weight excluding hydrogens is 188 g/mol. The third-order valence-electron chi connectivity index (χ3n) is 2.55. The van der Waals surface area contributed by atoms with Crippen LogP contribution in [0, 0.1) is 0 Å². The van der Waals surface area contributed by atoms with Crippen LogP contribution in [0.25, 0.3) is 0 Å². The normalized spacial score (nSPS) is 22.8. The number of rotatable bonds is 3. The molecule has 1 saturated heterocycles. The summed E-state index contributed by atoms with van der Waals surface area (Å²) in [5.74, 6) is 0.626. The standard InChI is InChI=1S/C9H17ClN2O/c1-11(2)8-4-6-12(7-8)9(13)3-5-10/h8H,3-7H2,1-2H3. The maximum atomic E-state index is 11.4. The lowest BCUT2D eigenvalue weighted by Crippen LogP contribution is -2.34. The van der Waals surface area contributed by atoms with Crippen molar-refractivity contribution in [3.8, 4) is 0 Å². The van der Waals surface area contributed by atoms with E-state index in [-0.39, 0.29) is 5.91 Å². The largest absolute Gasteiger partial charge is 0.341 e. The van der Waals surface area contributed by atoms with Gasteiger partial charge in [0.05, 0.1) is 0 Å². The molecule has 0 spiro atoms. The van der Waals surface area contributed by atoms with Crippen LogP contribution in [0.2, 0.25) is 0 Å². The molecule has 0 aromatic heterocycles. The highest BCUT2D eigenvalue weighted by molar-refractivity contribution is 6.18. The van der Waals surface area contributed by atoms with Crippen LogP contribution >= 0.6 is 11.6 Å². The first-order chi connectivity index (χ1) is 6.15. The Morgan fingerprint density at radius 3 is 2.77 bits per heavy atom. The third-order valence-corrected chi connectivity index (χ3v) is 2.74. The van der Waals surface area contributed by atoms with E-state index in [0.29, 0.717) is 18.3 Å². The van der Waals surface area contributed by atoms with Crippen LogP contribution in [-0.4, -0.2) is 54.8 Å². The maximum Gasteiger partial charge on any atom is 0.223 e. The van der Waals surface area contributed by atoms with Crippen molar-refractivity contribution >= 4 is 17.5 Å². The second-order valence-corrected chi connectivity index (χ2v) is 4.06. The summed E-state index contributed by atoms with van der Waals surface area (Å²) in [7, 11) is 4.11. The molecule has 13 heavy (non-hydrogen) atoms. The van der Waals surface area contributed by atoms with Crippen molar-refractivity contribution in [3.05, 3.63) is 0 Å². The number of halogens is 1. The lowest BCUT2D eigenvalue weighted by atomic mass is 10.2. The highest BCUT2D eigenvalue weighted by atomic mass is 35.5. The number of carbonyl (C=O) groups is 1. The fourth-order valence-corrected chi connectivity index (χ4v) is 1.79. The average Bonchev–Trinajstić information content (AvgIpc) is 2.52. The van der Waals surface area contributed by atoms with E-state index in [9.17, 15) is 4.79 Å². The zero-order valence-electron chi connectivity index (χ0n) is 8.29. The molecule has 76 valence electrons. The Hall–Kier alpha value is -0.280. The van der Waals surface area contributed by atoms with Crippen molar-refractivity contribution < 1.29 is 4.79 Å². The molecule has 0 N–H and O–H groups in total. The van der Waals surface area contributed by atoms with Gasteiger partial charge in [0, 0.05) is 31.4 Å². The van der Waals surface area contributed by atoms with E-state index < -0.39 is 0 Å². The van der Waals surface area contributed by atoms with Crippen LogP contribution in [0.15, 0.2) is 0 Å². The van der Waals surface area contributed by atoms with Gasteiger partial charge in [-0.15, -0.1) is 11.6 Å². The van der Waals surface area contributed by atoms with Gasteiger partial charge in [0.15, 0.2) is 0 Å². The summed E-state index contributed by atoms with van der Waals surface area (Å²) in [6, 6.07) is 0.527. The summed E-state index contributed by atoms with van der Waals surface area (Å²) in [5.41, 5.74) is 0. The SMILES string of the molecule is CN(C)C1CCN(C(=O)CCCl)C1. The first-order valence-corrected chi connectivity index (χ1v) is 5.18. The number of carbonyl (C=O) groups excluding carboxylic acids is 1. The molecule has 1 unspecified atom stereocenters. The summed E-state index contributed by atoms with van der Waals surface area (Å²) in [6.45, 7) is 1.75. The molecule has 1 heterocycles. The Bertz CT molecular complexity index is 184. The van der Waals surface area contributed by atoms with E-state index in [0.717, 1.165) is 19.5 Å². The summed E-state index contributed by atoms with van der Waals surface area (Å²) >= 11 is 5.52. The van der Waals surface area contributed by atoms with Crippen molar-refractivity contribution in [1.29, 1.82) is 0 Å². The zero-order chi connectivity index (χ0) is 9.84. The summed E-state index contributed by atoms with van der Waals surface area (Å²) in [5, 5.41) is 0. The van der Waals surface area contributed by atoms with E-state index >= 15 is 0 Å². The van der Waals surface area contributed by atoms with E-state index in [2.05, 4.69) is 19.0 Å². The van der Waals surface area contributed by atoms with Gasteiger partial charge in [-0.25, -0.2) is 0 Å². The Kier molecular flexibility index (Phi) is 4.00. The number of likely N-dealkylation sites (tertiary alicyclic amines) is 1. The van der Waals surface area contributed by atoms with Gasteiger partial charge in [0.25, 0.3) is 0 Å². The van der Waals surface area contributed by atoms with Crippen LogP contribution in [-0.2, 0) is 4.79 Å². The minimum atomic E-state index is 0.194. The Morgan fingerprint density at radius 2 is 2.31 bits per heavy atom. The van der Waals surface area contributed by atoms with Gasteiger partial charge < -0.3 is 9.80 Å². The molecule has 0 aliphatic carbocycles. The number of hydrogen-bond donors (Lipinski definition) is 0. The first kappa shape index (κ1) is 10.8. The molecule has 1 rings (SSSR count). The van der Waals surface area contributed by atoms with Crippen molar-refractivity contribution in [2.75, 3.05) is 33.1 Å². The van der Waals surface area contributed by atoms with Gasteiger partial charge in [0.1, 0.15) is 0 Å².